The third-order valence-electron chi connectivity index (χ3n) is 3.85. The van der Waals surface area contributed by atoms with Gasteiger partial charge >= 0.3 is 12.1 Å². The summed E-state index contributed by atoms with van der Waals surface area (Å²) in [6.45, 7) is -0.320. The molecule has 0 spiro atoms. The summed E-state index contributed by atoms with van der Waals surface area (Å²) in [4.78, 5) is 24.1. The fraction of sp³-hybridized carbons (Fsp3) is 0.263. The number of nitrogens with one attached hydrogen (secondary N) is 2. The summed E-state index contributed by atoms with van der Waals surface area (Å²) in [5.74, 6) is -1.21. The van der Waals surface area contributed by atoms with Gasteiger partial charge < -0.3 is 10.1 Å². The molecular weight excluding hydrogens is 397 g/mol. The molecule has 2 N–H and O–H groups in total. The number of benzene rings is 2. The van der Waals surface area contributed by atoms with Gasteiger partial charge in [0, 0.05) is 0 Å². The second kappa shape index (κ2) is 9.57. The van der Waals surface area contributed by atoms with E-state index in [1.54, 1.807) is 0 Å². The van der Waals surface area contributed by atoms with Crippen molar-refractivity contribution < 1.29 is 27.5 Å². The highest BCUT2D eigenvalue weighted by molar-refractivity contribution is 6.33. The molecule has 0 aliphatic heterocycles. The molecule has 0 heterocycles. The van der Waals surface area contributed by atoms with E-state index in [9.17, 15) is 22.8 Å². The predicted octanol–water partition coefficient (Wildman–Crippen LogP) is 3.67. The molecule has 0 aromatic heterocycles. The van der Waals surface area contributed by atoms with Crippen molar-refractivity contribution in [2.45, 2.75) is 18.6 Å². The van der Waals surface area contributed by atoms with Crippen molar-refractivity contribution in [3.63, 3.8) is 0 Å². The van der Waals surface area contributed by atoms with Gasteiger partial charge in [0.15, 0.2) is 0 Å². The molecule has 150 valence electrons. The maximum atomic E-state index is 12.8. The number of halogens is 4. The summed E-state index contributed by atoms with van der Waals surface area (Å²) in [5.41, 5.74) is -0.246. The average Bonchev–Trinajstić information content (AvgIpc) is 2.66. The zero-order chi connectivity index (χ0) is 20.7. The summed E-state index contributed by atoms with van der Waals surface area (Å²) in [6.07, 6.45) is -4.28. The number of carbonyl (C=O) groups excluding carboxylic acids is 2. The third kappa shape index (κ3) is 6.24. The van der Waals surface area contributed by atoms with Gasteiger partial charge in [-0.3, -0.25) is 14.9 Å². The minimum atomic E-state index is -4.56. The highest BCUT2D eigenvalue weighted by Crippen LogP contribution is 2.33. The van der Waals surface area contributed by atoms with Gasteiger partial charge in [-0.25, -0.2) is 0 Å². The monoisotopic (exact) mass is 414 g/mol. The van der Waals surface area contributed by atoms with E-state index in [0.717, 1.165) is 23.8 Å². The molecule has 1 amide bonds. The molecule has 2 aromatic rings. The summed E-state index contributed by atoms with van der Waals surface area (Å²) in [7, 11) is 1.23. The van der Waals surface area contributed by atoms with Gasteiger partial charge in [-0.05, 0) is 30.2 Å². The molecule has 0 bridgehead atoms. The standard InChI is InChI=1S/C19H18ClF3N2O3/c1-28-18(27)16(9-12-5-3-2-4-6-12)24-11-17(26)25-15-10-13(19(21,22)23)7-8-14(15)20/h2-8,10,16,24H,9,11H2,1H3,(H,25,26). The van der Waals surface area contributed by atoms with Gasteiger partial charge in [-0.15, -0.1) is 0 Å². The maximum Gasteiger partial charge on any atom is 0.416 e. The first-order valence-electron chi connectivity index (χ1n) is 8.22. The van der Waals surface area contributed by atoms with Crippen LogP contribution in [0.15, 0.2) is 48.5 Å². The molecule has 2 aromatic carbocycles. The number of hydrogen-bond donors (Lipinski definition) is 2. The Hall–Kier alpha value is -2.58. The van der Waals surface area contributed by atoms with Gasteiger partial charge in [0.2, 0.25) is 5.91 Å². The van der Waals surface area contributed by atoms with Gasteiger partial charge in [-0.2, -0.15) is 13.2 Å². The second-order valence-electron chi connectivity index (χ2n) is 5.89. The van der Waals surface area contributed by atoms with Crippen molar-refractivity contribution in [3.8, 4) is 0 Å². The zero-order valence-corrected chi connectivity index (χ0v) is 15.6. The summed E-state index contributed by atoms with van der Waals surface area (Å²) in [5, 5.41) is 5.03. The number of anilines is 1. The number of alkyl halides is 3. The number of methoxy groups -OCH3 is 1. The first kappa shape index (κ1) is 21.7. The Balaban J connectivity index is 2.02. The van der Waals surface area contributed by atoms with Crippen LogP contribution in [0.4, 0.5) is 18.9 Å². The van der Waals surface area contributed by atoms with Crippen LogP contribution in [0.2, 0.25) is 5.02 Å². The third-order valence-corrected chi connectivity index (χ3v) is 4.17. The molecule has 0 saturated carbocycles. The number of carbonyl (C=O) groups is 2. The number of rotatable bonds is 7. The maximum absolute atomic E-state index is 12.8. The van der Waals surface area contributed by atoms with Crippen LogP contribution in [0.3, 0.4) is 0 Å². The summed E-state index contributed by atoms with van der Waals surface area (Å²) < 4.78 is 43.1. The topological polar surface area (TPSA) is 67.4 Å². The molecule has 28 heavy (non-hydrogen) atoms. The Bertz CT molecular complexity index is 829. The Labute approximate surface area is 164 Å². The smallest absolute Gasteiger partial charge is 0.416 e. The largest absolute Gasteiger partial charge is 0.468 e. The predicted molar refractivity (Wildman–Crippen MR) is 99.0 cm³/mol. The molecule has 0 fully saturated rings. The summed E-state index contributed by atoms with van der Waals surface area (Å²) in [6, 6.07) is 10.9. The number of esters is 1. The fourth-order valence-electron chi connectivity index (χ4n) is 2.44. The van der Waals surface area contributed by atoms with Crippen LogP contribution in [0.1, 0.15) is 11.1 Å². The van der Waals surface area contributed by atoms with Crippen LogP contribution in [0.5, 0.6) is 0 Å². The highest BCUT2D eigenvalue weighted by atomic mass is 35.5. The molecule has 0 aliphatic carbocycles. The molecule has 0 radical (unpaired) electrons. The SMILES string of the molecule is COC(=O)C(Cc1ccccc1)NCC(=O)Nc1cc(C(F)(F)F)ccc1Cl. The Morgan fingerprint density at radius 3 is 2.43 bits per heavy atom. The lowest BCUT2D eigenvalue weighted by Gasteiger charge is -2.17. The Morgan fingerprint density at radius 1 is 1.14 bits per heavy atom. The minimum absolute atomic E-state index is 0.0323. The normalized spacial score (nSPS) is 12.3. The van der Waals surface area contributed by atoms with Gasteiger partial charge in [-0.1, -0.05) is 41.9 Å². The first-order chi connectivity index (χ1) is 13.2. The molecule has 9 heteroatoms. The quantitative estimate of drug-likeness (QED) is 0.678. The van der Waals surface area contributed by atoms with Gasteiger partial charge in [0.1, 0.15) is 6.04 Å². The van der Waals surface area contributed by atoms with Crippen molar-refractivity contribution in [1.82, 2.24) is 5.32 Å². The first-order valence-corrected chi connectivity index (χ1v) is 8.60. The molecular formula is C19H18ClF3N2O3. The molecule has 1 atom stereocenters. The second-order valence-corrected chi connectivity index (χ2v) is 6.29. The number of amides is 1. The van der Waals surface area contributed by atoms with E-state index in [2.05, 4.69) is 10.6 Å². The van der Waals surface area contributed by atoms with Crippen LogP contribution < -0.4 is 10.6 Å². The Morgan fingerprint density at radius 2 is 1.82 bits per heavy atom. The van der Waals surface area contributed by atoms with E-state index in [1.807, 2.05) is 30.3 Å². The fourth-order valence-corrected chi connectivity index (χ4v) is 2.60. The summed E-state index contributed by atoms with van der Waals surface area (Å²) >= 11 is 5.86. The zero-order valence-electron chi connectivity index (χ0n) is 14.8. The van der Waals surface area contributed by atoms with Crippen LogP contribution >= 0.6 is 11.6 Å². The van der Waals surface area contributed by atoms with Crippen molar-refractivity contribution in [2.24, 2.45) is 0 Å². The van der Waals surface area contributed by atoms with E-state index in [1.165, 1.54) is 7.11 Å². The minimum Gasteiger partial charge on any atom is -0.468 e. The molecule has 1 unspecified atom stereocenters. The highest BCUT2D eigenvalue weighted by Gasteiger charge is 2.31. The molecule has 0 aliphatic rings. The van der Waals surface area contributed by atoms with Crippen molar-refractivity contribution in [1.29, 1.82) is 0 Å². The van der Waals surface area contributed by atoms with E-state index in [4.69, 9.17) is 16.3 Å². The average molecular weight is 415 g/mol. The number of hydrogen-bond acceptors (Lipinski definition) is 4. The van der Waals surface area contributed by atoms with E-state index in [-0.39, 0.29) is 23.7 Å². The Kier molecular flexibility index (Phi) is 7.42. The van der Waals surface area contributed by atoms with Crippen LogP contribution in [0, 0.1) is 0 Å². The van der Waals surface area contributed by atoms with Crippen LogP contribution in [0.25, 0.3) is 0 Å². The van der Waals surface area contributed by atoms with Crippen molar-refractivity contribution in [2.75, 3.05) is 19.0 Å². The lowest BCUT2D eigenvalue weighted by molar-refractivity contribution is -0.143. The van der Waals surface area contributed by atoms with Gasteiger partial charge in [0.05, 0.1) is 29.9 Å². The van der Waals surface area contributed by atoms with Crippen molar-refractivity contribution >= 4 is 29.2 Å². The van der Waals surface area contributed by atoms with Crippen LogP contribution in [-0.2, 0) is 26.9 Å². The molecule has 0 saturated heterocycles. The van der Waals surface area contributed by atoms with Crippen LogP contribution in [-0.4, -0.2) is 31.6 Å². The van der Waals surface area contributed by atoms with Gasteiger partial charge in [0.25, 0.3) is 0 Å². The molecule has 2 rings (SSSR count). The van der Waals surface area contributed by atoms with Crippen molar-refractivity contribution in [3.05, 3.63) is 64.7 Å². The van der Waals surface area contributed by atoms with E-state index in [0.29, 0.717) is 0 Å². The van der Waals surface area contributed by atoms with E-state index >= 15 is 0 Å². The number of ether oxygens (including phenoxy) is 1. The molecule has 5 nitrogen and oxygen atoms in total. The van der Waals surface area contributed by atoms with E-state index < -0.39 is 29.7 Å². The lowest BCUT2D eigenvalue weighted by Crippen LogP contribution is -2.43. The lowest BCUT2D eigenvalue weighted by atomic mass is 10.1.